The first-order valence-electron chi connectivity index (χ1n) is 5.63. The van der Waals surface area contributed by atoms with Gasteiger partial charge >= 0.3 is 15.6 Å². The van der Waals surface area contributed by atoms with Gasteiger partial charge in [0.15, 0.2) is 0 Å². The topological polar surface area (TPSA) is 132 Å². The predicted octanol–water partition coefficient (Wildman–Crippen LogP) is 1.04. The first-order valence-corrected chi connectivity index (χ1v) is 8.66. The average molecular weight is 322 g/mol. The van der Waals surface area contributed by atoms with Crippen molar-refractivity contribution < 1.29 is 42.1 Å². The van der Waals surface area contributed by atoms with E-state index in [0.29, 0.717) is 6.61 Å². The zero-order valence-electron chi connectivity index (χ0n) is 10.8. The molecule has 0 aliphatic heterocycles. The van der Waals surface area contributed by atoms with Crippen molar-refractivity contribution in [3.8, 4) is 0 Å². The van der Waals surface area contributed by atoms with E-state index in [1.807, 2.05) is 0 Å². The van der Waals surface area contributed by atoms with Gasteiger partial charge < -0.3 is 19.4 Å². The molecule has 19 heavy (non-hydrogen) atoms. The summed E-state index contributed by atoms with van der Waals surface area (Å²) in [5.41, 5.74) is 0. The molecule has 116 valence electrons. The molecule has 0 spiro atoms. The summed E-state index contributed by atoms with van der Waals surface area (Å²) < 4.78 is 40.4. The SMILES string of the molecule is CCOCCOP(=O)(O)OC(CC)COP(=O)(O)O. The predicted molar refractivity (Wildman–Crippen MR) is 65.4 cm³/mol. The van der Waals surface area contributed by atoms with E-state index in [2.05, 4.69) is 9.05 Å². The van der Waals surface area contributed by atoms with Gasteiger partial charge in [-0.1, -0.05) is 6.92 Å². The van der Waals surface area contributed by atoms with Crippen molar-refractivity contribution in [1.82, 2.24) is 0 Å². The molecule has 9 nitrogen and oxygen atoms in total. The van der Waals surface area contributed by atoms with Gasteiger partial charge in [0.25, 0.3) is 0 Å². The van der Waals surface area contributed by atoms with Crippen molar-refractivity contribution >= 4 is 15.6 Å². The fourth-order valence-corrected chi connectivity index (χ4v) is 2.29. The molecule has 0 aromatic rings. The third-order valence-electron chi connectivity index (χ3n) is 1.85. The van der Waals surface area contributed by atoms with E-state index >= 15 is 0 Å². The molecule has 0 aliphatic rings. The number of phosphoric acid groups is 2. The minimum atomic E-state index is -4.64. The van der Waals surface area contributed by atoms with Crippen LogP contribution in [-0.2, 0) is 27.4 Å². The number of ether oxygens (including phenoxy) is 1. The lowest BCUT2D eigenvalue weighted by molar-refractivity contribution is 0.0440. The molecule has 0 amide bonds. The molecular weight excluding hydrogens is 302 g/mol. The van der Waals surface area contributed by atoms with Gasteiger partial charge in [0.05, 0.1) is 25.9 Å². The summed E-state index contributed by atoms with van der Waals surface area (Å²) in [6.45, 7) is 3.32. The summed E-state index contributed by atoms with van der Waals surface area (Å²) in [6, 6.07) is 0. The van der Waals surface area contributed by atoms with Crippen LogP contribution in [0.2, 0.25) is 0 Å². The van der Waals surface area contributed by atoms with E-state index in [1.165, 1.54) is 0 Å². The highest BCUT2D eigenvalue weighted by molar-refractivity contribution is 7.47. The van der Waals surface area contributed by atoms with Crippen molar-refractivity contribution in [2.75, 3.05) is 26.4 Å². The maximum atomic E-state index is 11.5. The van der Waals surface area contributed by atoms with E-state index in [0.717, 1.165) is 0 Å². The van der Waals surface area contributed by atoms with Gasteiger partial charge in [-0.25, -0.2) is 9.13 Å². The first kappa shape index (κ1) is 19.2. The molecule has 0 saturated heterocycles. The number of hydrogen-bond acceptors (Lipinski definition) is 6. The standard InChI is InChI=1S/C8H20O9P2/c1-3-8(7-16-18(9,10)11)17-19(12,13)15-6-5-14-4-2/h8H,3-7H2,1-2H3,(H,12,13)(H2,9,10,11). The third kappa shape index (κ3) is 11.7. The van der Waals surface area contributed by atoms with Gasteiger partial charge in [0.2, 0.25) is 0 Å². The van der Waals surface area contributed by atoms with E-state index in [9.17, 15) is 14.0 Å². The van der Waals surface area contributed by atoms with Crippen LogP contribution in [0.1, 0.15) is 20.3 Å². The summed E-state index contributed by atoms with van der Waals surface area (Å²) >= 11 is 0. The van der Waals surface area contributed by atoms with Crippen molar-refractivity contribution in [1.29, 1.82) is 0 Å². The molecular formula is C8H20O9P2. The molecule has 0 radical (unpaired) electrons. The van der Waals surface area contributed by atoms with Crippen LogP contribution >= 0.6 is 15.6 Å². The van der Waals surface area contributed by atoms with Gasteiger partial charge in [-0.05, 0) is 13.3 Å². The van der Waals surface area contributed by atoms with Crippen molar-refractivity contribution in [3.63, 3.8) is 0 Å². The summed E-state index contributed by atoms with van der Waals surface area (Å²) in [6.07, 6.45) is -0.741. The van der Waals surface area contributed by atoms with Crippen LogP contribution in [0, 0.1) is 0 Å². The molecule has 2 atom stereocenters. The fourth-order valence-electron chi connectivity index (χ4n) is 0.978. The fraction of sp³-hybridized carbons (Fsp3) is 1.00. The maximum Gasteiger partial charge on any atom is 0.472 e. The Morgan fingerprint density at radius 2 is 1.68 bits per heavy atom. The zero-order chi connectivity index (χ0) is 14.9. The van der Waals surface area contributed by atoms with Crippen LogP contribution in [0.25, 0.3) is 0 Å². The molecule has 2 unspecified atom stereocenters. The Bertz CT molecular complexity index is 328. The van der Waals surface area contributed by atoms with Crippen molar-refractivity contribution in [3.05, 3.63) is 0 Å². The molecule has 0 aromatic heterocycles. The van der Waals surface area contributed by atoms with Gasteiger partial charge in [-0.3, -0.25) is 13.6 Å². The minimum absolute atomic E-state index is 0.128. The Morgan fingerprint density at radius 3 is 2.16 bits per heavy atom. The van der Waals surface area contributed by atoms with Gasteiger partial charge in [0.1, 0.15) is 0 Å². The first-order chi connectivity index (χ1) is 8.70. The second kappa shape index (κ2) is 9.18. The van der Waals surface area contributed by atoms with Crippen LogP contribution in [-0.4, -0.2) is 47.2 Å². The smallest absolute Gasteiger partial charge is 0.379 e. The zero-order valence-corrected chi connectivity index (χ0v) is 12.6. The van der Waals surface area contributed by atoms with Gasteiger partial charge in [-0.15, -0.1) is 0 Å². The van der Waals surface area contributed by atoms with E-state index in [-0.39, 0.29) is 19.6 Å². The lowest BCUT2D eigenvalue weighted by atomic mass is 10.3. The highest BCUT2D eigenvalue weighted by Gasteiger charge is 2.27. The molecule has 3 N–H and O–H groups in total. The van der Waals surface area contributed by atoms with Crippen molar-refractivity contribution in [2.24, 2.45) is 0 Å². The summed E-state index contributed by atoms with van der Waals surface area (Å²) in [5.74, 6) is 0. The Kier molecular flexibility index (Phi) is 9.26. The van der Waals surface area contributed by atoms with Crippen LogP contribution in [0.5, 0.6) is 0 Å². The molecule has 0 fully saturated rings. The van der Waals surface area contributed by atoms with Crippen LogP contribution in [0.15, 0.2) is 0 Å². The lowest BCUT2D eigenvalue weighted by Gasteiger charge is -2.19. The molecule has 0 heterocycles. The quantitative estimate of drug-likeness (QED) is 0.377. The molecule has 0 rings (SSSR count). The van der Waals surface area contributed by atoms with E-state index < -0.39 is 28.4 Å². The Labute approximate surface area is 111 Å². The van der Waals surface area contributed by atoms with Gasteiger partial charge in [-0.2, -0.15) is 0 Å². The average Bonchev–Trinajstić information content (AvgIpc) is 2.29. The minimum Gasteiger partial charge on any atom is -0.379 e. The van der Waals surface area contributed by atoms with E-state index in [4.69, 9.17) is 19.0 Å². The Morgan fingerprint density at radius 1 is 1.05 bits per heavy atom. The summed E-state index contributed by atoms with van der Waals surface area (Å²) in [7, 11) is -8.94. The number of rotatable bonds is 11. The monoisotopic (exact) mass is 322 g/mol. The second-order valence-electron chi connectivity index (χ2n) is 3.42. The third-order valence-corrected chi connectivity index (χ3v) is 3.41. The molecule has 0 aliphatic carbocycles. The maximum absolute atomic E-state index is 11.5. The summed E-state index contributed by atoms with van der Waals surface area (Å²) in [4.78, 5) is 26.4. The van der Waals surface area contributed by atoms with Crippen LogP contribution in [0.3, 0.4) is 0 Å². The highest BCUT2D eigenvalue weighted by atomic mass is 31.2. The molecule has 11 heteroatoms. The van der Waals surface area contributed by atoms with E-state index in [1.54, 1.807) is 13.8 Å². The Hall–Kier alpha value is 0.180. The largest absolute Gasteiger partial charge is 0.472 e. The van der Waals surface area contributed by atoms with Gasteiger partial charge in [0, 0.05) is 6.61 Å². The summed E-state index contributed by atoms with van der Waals surface area (Å²) in [5, 5.41) is 0. The normalized spacial score (nSPS) is 17.1. The van der Waals surface area contributed by atoms with Crippen LogP contribution < -0.4 is 0 Å². The molecule has 0 bridgehead atoms. The Balaban J connectivity index is 4.12. The van der Waals surface area contributed by atoms with Crippen LogP contribution in [0.4, 0.5) is 0 Å². The number of phosphoric ester groups is 2. The highest BCUT2D eigenvalue weighted by Crippen LogP contribution is 2.45. The molecule has 0 aromatic carbocycles. The second-order valence-corrected chi connectivity index (χ2v) is 6.07. The molecule has 0 saturated carbocycles. The lowest BCUT2D eigenvalue weighted by Crippen LogP contribution is -2.18. The number of hydrogen-bond donors (Lipinski definition) is 3. The van der Waals surface area contributed by atoms with Crippen molar-refractivity contribution in [2.45, 2.75) is 26.4 Å².